The van der Waals surface area contributed by atoms with Crippen LogP contribution in [0.25, 0.3) is 17.0 Å². The van der Waals surface area contributed by atoms with Gasteiger partial charge in [-0.3, -0.25) is 0 Å². The van der Waals surface area contributed by atoms with Gasteiger partial charge in [0.1, 0.15) is 13.6 Å². The van der Waals surface area contributed by atoms with Crippen LogP contribution in [-0.2, 0) is 6.42 Å². The first-order valence-corrected chi connectivity index (χ1v) is 9.57. The fourth-order valence-electron chi connectivity index (χ4n) is 3.14. The highest BCUT2D eigenvalue weighted by Gasteiger charge is 2.11. The smallest absolute Gasteiger partial charge is 0.237 e. The van der Waals surface area contributed by atoms with Crippen LogP contribution in [0.4, 0.5) is 0 Å². The molecule has 2 aromatic carbocycles. The van der Waals surface area contributed by atoms with E-state index in [9.17, 15) is 0 Å². The monoisotopic (exact) mass is 392 g/mol. The van der Waals surface area contributed by atoms with Crippen LogP contribution < -0.4 is 10.2 Å². The summed E-state index contributed by atoms with van der Waals surface area (Å²) in [6, 6.07) is 21.3. The Bertz CT molecular complexity index is 1300. The van der Waals surface area contributed by atoms with Crippen LogP contribution in [-0.4, -0.2) is 37.6 Å². The SMILES string of the molecule is Bc1cnc(-c2cccc(Cc3nnc4ccc(Oc5ccccc5)nn34)c2)nc1. The van der Waals surface area contributed by atoms with Crippen LogP contribution in [0.15, 0.2) is 79.1 Å². The molecule has 7 nitrogen and oxygen atoms in total. The van der Waals surface area contributed by atoms with Crippen molar-refractivity contribution in [1.82, 2.24) is 29.8 Å². The lowest BCUT2D eigenvalue weighted by Gasteiger charge is -2.06. The van der Waals surface area contributed by atoms with E-state index in [1.807, 2.05) is 74.8 Å². The minimum absolute atomic E-state index is 0.483. The zero-order valence-electron chi connectivity index (χ0n) is 16.3. The minimum atomic E-state index is 0.483. The molecule has 30 heavy (non-hydrogen) atoms. The number of fused-ring (bicyclic) bond motifs is 1. The molecule has 5 rings (SSSR count). The van der Waals surface area contributed by atoms with Crippen molar-refractivity contribution in [2.75, 3.05) is 0 Å². The number of benzene rings is 2. The van der Waals surface area contributed by atoms with Gasteiger partial charge in [-0.15, -0.1) is 15.3 Å². The largest absolute Gasteiger partial charge is 0.438 e. The number of nitrogens with zero attached hydrogens (tertiary/aromatic N) is 6. The lowest BCUT2D eigenvalue weighted by molar-refractivity contribution is 0.451. The molecular formula is C22H17BN6O. The Hall–Kier alpha value is -4.07. The lowest BCUT2D eigenvalue weighted by Crippen LogP contribution is -2.05. The summed E-state index contributed by atoms with van der Waals surface area (Å²) >= 11 is 0. The quantitative estimate of drug-likeness (QED) is 0.427. The molecule has 0 N–H and O–H groups in total. The fraction of sp³-hybridized carbons (Fsp3) is 0.0455. The normalized spacial score (nSPS) is 10.9. The number of hydrogen-bond acceptors (Lipinski definition) is 6. The Balaban J connectivity index is 1.43. The molecule has 0 saturated heterocycles. The average molecular weight is 392 g/mol. The zero-order chi connectivity index (χ0) is 20.3. The van der Waals surface area contributed by atoms with Crippen molar-refractivity contribution in [1.29, 1.82) is 0 Å². The summed E-state index contributed by atoms with van der Waals surface area (Å²) in [4.78, 5) is 8.83. The third-order valence-electron chi connectivity index (χ3n) is 4.60. The zero-order valence-corrected chi connectivity index (χ0v) is 16.3. The van der Waals surface area contributed by atoms with Crippen molar-refractivity contribution >= 4 is 19.0 Å². The van der Waals surface area contributed by atoms with E-state index in [0.717, 1.165) is 28.2 Å². The molecule has 0 aliphatic heterocycles. The molecule has 0 spiro atoms. The van der Waals surface area contributed by atoms with Crippen LogP contribution in [0.5, 0.6) is 11.6 Å². The number of para-hydroxylation sites is 1. The Morgan fingerprint density at radius 3 is 2.53 bits per heavy atom. The molecule has 0 radical (unpaired) electrons. The van der Waals surface area contributed by atoms with Crippen molar-refractivity contribution < 1.29 is 4.74 Å². The van der Waals surface area contributed by atoms with Crippen LogP contribution >= 0.6 is 0 Å². The van der Waals surface area contributed by atoms with E-state index in [1.165, 1.54) is 0 Å². The second-order valence-corrected chi connectivity index (χ2v) is 6.93. The highest BCUT2D eigenvalue weighted by atomic mass is 16.5. The molecular weight excluding hydrogens is 375 g/mol. The predicted octanol–water partition coefficient (Wildman–Crippen LogP) is 2.22. The fourth-order valence-corrected chi connectivity index (χ4v) is 3.14. The van der Waals surface area contributed by atoms with Gasteiger partial charge in [0.05, 0.1) is 0 Å². The summed E-state index contributed by atoms with van der Waals surface area (Å²) in [6.45, 7) is 0. The molecule has 144 valence electrons. The van der Waals surface area contributed by atoms with Crippen LogP contribution in [0.2, 0.25) is 0 Å². The first-order chi connectivity index (χ1) is 14.7. The van der Waals surface area contributed by atoms with Crippen molar-refractivity contribution in [3.63, 3.8) is 0 Å². The Kier molecular flexibility index (Phi) is 4.65. The summed E-state index contributed by atoms with van der Waals surface area (Å²) in [7, 11) is 1.97. The molecule has 3 aromatic heterocycles. The first-order valence-electron chi connectivity index (χ1n) is 9.57. The van der Waals surface area contributed by atoms with E-state index in [1.54, 1.807) is 10.6 Å². The van der Waals surface area contributed by atoms with Crippen molar-refractivity contribution in [3.8, 4) is 23.0 Å². The molecule has 0 fully saturated rings. The molecule has 0 saturated carbocycles. The summed E-state index contributed by atoms with van der Waals surface area (Å²) in [6.07, 6.45) is 4.21. The van der Waals surface area contributed by atoms with Gasteiger partial charge in [0.15, 0.2) is 17.3 Å². The molecule has 0 atom stereocenters. The summed E-state index contributed by atoms with van der Waals surface area (Å²) in [5.41, 5.74) is 3.73. The maximum Gasteiger partial charge on any atom is 0.237 e. The number of aromatic nitrogens is 6. The van der Waals surface area contributed by atoms with Crippen LogP contribution in [0.3, 0.4) is 0 Å². The second kappa shape index (κ2) is 7.75. The molecule has 5 aromatic rings. The summed E-state index contributed by atoms with van der Waals surface area (Å²) < 4.78 is 7.56. The molecule has 0 bridgehead atoms. The van der Waals surface area contributed by atoms with Gasteiger partial charge in [0, 0.05) is 30.4 Å². The maximum absolute atomic E-state index is 5.84. The minimum Gasteiger partial charge on any atom is -0.438 e. The topological polar surface area (TPSA) is 78.1 Å². The molecule has 0 amide bonds. The molecule has 0 aliphatic rings. The van der Waals surface area contributed by atoms with Crippen LogP contribution in [0.1, 0.15) is 11.4 Å². The average Bonchev–Trinajstić information content (AvgIpc) is 3.17. The number of rotatable bonds is 5. The van der Waals surface area contributed by atoms with E-state index in [-0.39, 0.29) is 0 Å². The van der Waals surface area contributed by atoms with E-state index in [2.05, 4.69) is 31.3 Å². The molecule has 0 unspecified atom stereocenters. The van der Waals surface area contributed by atoms with Crippen molar-refractivity contribution in [2.45, 2.75) is 6.42 Å². The predicted molar refractivity (Wildman–Crippen MR) is 116 cm³/mol. The number of hydrogen-bond donors (Lipinski definition) is 0. The third kappa shape index (κ3) is 3.75. The summed E-state index contributed by atoms with van der Waals surface area (Å²) in [5.74, 6) is 2.64. The van der Waals surface area contributed by atoms with Gasteiger partial charge in [0.2, 0.25) is 5.88 Å². The standard InChI is InChI=1S/C22H17BN6O/c23-17-13-24-22(25-14-17)16-6-4-5-15(11-16)12-20-27-26-19-9-10-21(28-29(19)20)30-18-7-2-1-3-8-18/h1-11,13-14H,12,23H2. The van der Waals surface area contributed by atoms with Crippen molar-refractivity contribution in [3.05, 3.63) is 90.5 Å². The number of ether oxygens (including phenoxy) is 1. The molecule has 3 heterocycles. The van der Waals surface area contributed by atoms with Crippen molar-refractivity contribution in [2.24, 2.45) is 0 Å². The van der Waals surface area contributed by atoms with E-state index < -0.39 is 0 Å². The van der Waals surface area contributed by atoms with Gasteiger partial charge in [-0.25, -0.2) is 9.97 Å². The van der Waals surface area contributed by atoms with Gasteiger partial charge in [-0.05, 0) is 29.8 Å². The Morgan fingerprint density at radius 1 is 0.867 bits per heavy atom. The van der Waals surface area contributed by atoms with Gasteiger partial charge >= 0.3 is 0 Å². The third-order valence-corrected chi connectivity index (χ3v) is 4.60. The van der Waals surface area contributed by atoms with Gasteiger partial charge in [-0.1, -0.05) is 41.9 Å². The van der Waals surface area contributed by atoms with Crippen LogP contribution in [0, 0.1) is 0 Å². The molecule has 0 aliphatic carbocycles. The lowest BCUT2D eigenvalue weighted by atomic mass is 10.0. The first kappa shape index (κ1) is 18.0. The van der Waals surface area contributed by atoms with Gasteiger partial charge in [-0.2, -0.15) is 4.52 Å². The highest BCUT2D eigenvalue weighted by molar-refractivity contribution is 6.31. The van der Waals surface area contributed by atoms with E-state index in [0.29, 0.717) is 23.8 Å². The highest BCUT2D eigenvalue weighted by Crippen LogP contribution is 2.20. The second-order valence-electron chi connectivity index (χ2n) is 6.93. The van der Waals surface area contributed by atoms with Gasteiger partial charge < -0.3 is 4.74 Å². The maximum atomic E-state index is 5.84. The Labute approximate surface area is 173 Å². The van der Waals surface area contributed by atoms with E-state index in [4.69, 9.17) is 4.74 Å². The Morgan fingerprint density at radius 2 is 1.70 bits per heavy atom. The molecule has 8 heteroatoms. The van der Waals surface area contributed by atoms with E-state index >= 15 is 0 Å². The van der Waals surface area contributed by atoms with Gasteiger partial charge in [0.25, 0.3) is 0 Å². The summed E-state index contributed by atoms with van der Waals surface area (Å²) in [5, 5.41) is 13.1.